The van der Waals surface area contributed by atoms with Crippen LogP contribution in [0.15, 0.2) is 18.2 Å². The van der Waals surface area contributed by atoms with E-state index in [2.05, 4.69) is 11.9 Å². The zero-order valence-corrected chi connectivity index (χ0v) is 9.25. The summed E-state index contributed by atoms with van der Waals surface area (Å²) in [5.41, 5.74) is 0. The van der Waals surface area contributed by atoms with Gasteiger partial charge in [0.25, 0.3) is 0 Å². The Morgan fingerprint density at radius 1 is 1.19 bits per heavy atom. The van der Waals surface area contributed by atoms with E-state index >= 15 is 0 Å². The Morgan fingerprint density at radius 3 is 2.50 bits per heavy atom. The molecule has 2 rings (SSSR count). The van der Waals surface area contributed by atoms with Crippen molar-refractivity contribution < 1.29 is 13.5 Å². The fourth-order valence-electron chi connectivity index (χ4n) is 1.85. The molecule has 88 valence electrons. The fourth-order valence-corrected chi connectivity index (χ4v) is 1.85. The molecule has 1 aliphatic rings. The summed E-state index contributed by atoms with van der Waals surface area (Å²) in [6.07, 6.45) is 1.96. The maximum atomic E-state index is 12.9. The lowest BCUT2D eigenvalue weighted by molar-refractivity contribution is 0.114. The predicted octanol–water partition coefficient (Wildman–Crippen LogP) is 2.44. The zero-order valence-electron chi connectivity index (χ0n) is 9.25. The minimum absolute atomic E-state index is 0.112. The highest BCUT2D eigenvalue weighted by molar-refractivity contribution is 5.23. The van der Waals surface area contributed by atoms with Gasteiger partial charge in [0.1, 0.15) is 11.9 Å². The van der Waals surface area contributed by atoms with E-state index in [0.717, 1.165) is 38.1 Å². The van der Waals surface area contributed by atoms with Crippen molar-refractivity contribution in [2.24, 2.45) is 0 Å². The van der Waals surface area contributed by atoms with Crippen LogP contribution in [0.1, 0.15) is 12.8 Å². The molecule has 4 heteroatoms. The van der Waals surface area contributed by atoms with Crippen molar-refractivity contribution in [2.45, 2.75) is 18.9 Å². The van der Waals surface area contributed by atoms with E-state index < -0.39 is 11.6 Å². The number of halogens is 2. The summed E-state index contributed by atoms with van der Waals surface area (Å²) in [4.78, 5) is 2.23. The molecule has 0 atom stereocenters. The molecule has 1 saturated heterocycles. The zero-order chi connectivity index (χ0) is 11.5. The minimum atomic E-state index is -0.856. The van der Waals surface area contributed by atoms with Crippen molar-refractivity contribution in [3.63, 3.8) is 0 Å². The van der Waals surface area contributed by atoms with Gasteiger partial charge in [-0.3, -0.25) is 0 Å². The lowest BCUT2D eigenvalue weighted by Crippen LogP contribution is -2.35. The number of piperidine rings is 1. The summed E-state index contributed by atoms with van der Waals surface area (Å²) >= 11 is 0. The van der Waals surface area contributed by atoms with Crippen LogP contribution >= 0.6 is 0 Å². The first kappa shape index (κ1) is 11.3. The van der Waals surface area contributed by atoms with Crippen LogP contribution in [0.2, 0.25) is 0 Å². The molecule has 1 aromatic rings. The van der Waals surface area contributed by atoms with Crippen LogP contribution in [-0.4, -0.2) is 31.1 Å². The van der Waals surface area contributed by atoms with Crippen molar-refractivity contribution in [1.82, 2.24) is 4.90 Å². The Morgan fingerprint density at radius 2 is 1.88 bits per heavy atom. The molecule has 0 aromatic heterocycles. The van der Waals surface area contributed by atoms with Crippen LogP contribution in [0.4, 0.5) is 8.78 Å². The second-order valence-electron chi connectivity index (χ2n) is 4.20. The Bertz CT molecular complexity index is 362. The van der Waals surface area contributed by atoms with Crippen molar-refractivity contribution in [3.05, 3.63) is 29.8 Å². The summed E-state index contributed by atoms with van der Waals surface area (Å²) in [5.74, 6) is -1.28. The summed E-state index contributed by atoms with van der Waals surface area (Å²) < 4.78 is 31.2. The van der Waals surface area contributed by atoms with Gasteiger partial charge in [0, 0.05) is 19.2 Å². The average molecular weight is 227 g/mol. The normalized spacial score (nSPS) is 18.7. The van der Waals surface area contributed by atoms with Crippen molar-refractivity contribution >= 4 is 0 Å². The third-order valence-corrected chi connectivity index (χ3v) is 2.86. The Hall–Kier alpha value is -1.16. The van der Waals surface area contributed by atoms with E-state index in [-0.39, 0.29) is 6.10 Å². The second kappa shape index (κ2) is 4.78. The SMILES string of the molecule is CN1CCC(Oc2ccc(F)c(F)c2)CC1. The number of ether oxygens (including phenoxy) is 1. The monoisotopic (exact) mass is 227 g/mol. The Labute approximate surface area is 93.8 Å². The highest BCUT2D eigenvalue weighted by atomic mass is 19.2. The van der Waals surface area contributed by atoms with E-state index in [1.807, 2.05) is 0 Å². The highest BCUT2D eigenvalue weighted by Crippen LogP contribution is 2.20. The highest BCUT2D eigenvalue weighted by Gasteiger charge is 2.18. The number of hydrogen-bond donors (Lipinski definition) is 0. The van der Waals surface area contributed by atoms with Crippen LogP contribution in [-0.2, 0) is 0 Å². The van der Waals surface area contributed by atoms with Crippen LogP contribution in [0.3, 0.4) is 0 Å². The smallest absolute Gasteiger partial charge is 0.162 e. The number of rotatable bonds is 2. The quantitative estimate of drug-likeness (QED) is 0.769. The molecule has 0 N–H and O–H groups in total. The number of nitrogens with zero attached hydrogens (tertiary/aromatic N) is 1. The van der Waals surface area contributed by atoms with Gasteiger partial charge in [0.05, 0.1) is 0 Å². The molecule has 0 bridgehead atoms. The van der Waals surface area contributed by atoms with Crippen molar-refractivity contribution in [2.75, 3.05) is 20.1 Å². The first-order valence-electron chi connectivity index (χ1n) is 5.45. The average Bonchev–Trinajstić information content (AvgIpc) is 2.27. The minimum Gasteiger partial charge on any atom is -0.490 e. The molecule has 0 radical (unpaired) electrons. The second-order valence-corrected chi connectivity index (χ2v) is 4.20. The maximum Gasteiger partial charge on any atom is 0.162 e. The third-order valence-electron chi connectivity index (χ3n) is 2.86. The van der Waals surface area contributed by atoms with Crippen LogP contribution in [0.5, 0.6) is 5.75 Å². The molecular weight excluding hydrogens is 212 g/mol. The molecule has 0 spiro atoms. The lowest BCUT2D eigenvalue weighted by Gasteiger charge is -2.29. The van der Waals surface area contributed by atoms with Gasteiger partial charge >= 0.3 is 0 Å². The molecular formula is C12H15F2NO. The topological polar surface area (TPSA) is 12.5 Å². The molecule has 0 saturated carbocycles. The number of benzene rings is 1. The van der Waals surface area contributed by atoms with Crippen molar-refractivity contribution in [1.29, 1.82) is 0 Å². The van der Waals surface area contributed by atoms with E-state index in [4.69, 9.17) is 4.74 Å². The Kier molecular flexibility index (Phi) is 3.39. The summed E-state index contributed by atoms with van der Waals surface area (Å²) in [6, 6.07) is 3.67. The van der Waals surface area contributed by atoms with Gasteiger partial charge in [-0.25, -0.2) is 8.78 Å². The van der Waals surface area contributed by atoms with Gasteiger partial charge in [-0.2, -0.15) is 0 Å². The molecule has 1 aliphatic heterocycles. The third kappa shape index (κ3) is 2.70. The number of likely N-dealkylation sites (tertiary alicyclic amines) is 1. The summed E-state index contributed by atoms with van der Waals surface area (Å²) in [5, 5.41) is 0. The predicted molar refractivity (Wildman–Crippen MR) is 57.5 cm³/mol. The Balaban J connectivity index is 1.96. The molecule has 0 unspecified atom stereocenters. The lowest BCUT2D eigenvalue weighted by atomic mass is 10.1. The molecule has 1 fully saturated rings. The largest absolute Gasteiger partial charge is 0.490 e. The summed E-state index contributed by atoms with van der Waals surface area (Å²) in [6.45, 7) is 1.96. The van der Waals surface area contributed by atoms with Gasteiger partial charge < -0.3 is 9.64 Å². The fraction of sp³-hybridized carbons (Fsp3) is 0.500. The van der Waals surface area contributed by atoms with Gasteiger partial charge in [0.2, 0.25) is 0 Å². The van der Waals surface area contributed by atoms with Crippen LogP contribution < -0.4 is 4.74 Å². The van der Waals surface area contributed by atoms with Gasteiger partial charge in [-0.1, -0.05) is 0 Å². The maximum absolute atomic E-state index is 12.9. The molecule has 0 amide bonds. The molecule has 16 heavy (non-hydrogen) atoms. The summed E-state index contributed by atoms with van der Waals surface area (Å²) in [7, 11) is 2.06. The first-order valence-corrected chi connectivity index (χ1v) is 5.45. The molecule has 0 aliphatic carbocycles. The van der Waals surface area contributed by atoms with E-state index in [0.29, 0.717) is 5.75 Å². The van der Waals surface area contributed by atoms with E-state index in [1.165, 1.54) is 6.07 Å². The molecule has 1 heterocycles. The van der Waals surface area contributed by atoms with Crippen LogP contribution in [0, 0.1) is 11.6 Å². The molecule has 1 aromatic carbocycles. The first-order chi connectivity index (χ1) is 7.65. The standard InChI is InChI=1S/C12H15F2NO/c1-15-6-4-9(5-7-15)16-10-2-3-11(13)12(14)8-10/h2-3,8-9H,4-7H2,1H3. The van der Waals surface area contributed by atoms with Gasteiger partial charge in [-0.05, 0) is 32.0 Å². The van der Waals surface area contributed by atoms with Gasteiger partial charge in [-0.15, -0.1) is 0 Å². The molecule has 2 nitrogen and oxygen atoms in total. The van der Waals surface area contributed by atoms with Crippen LogP contribution in [0.25, 0.3) is 0 Å². The number of hydrogen-bond acceptors (Lipinski definition) is 2. The van der Waals surface area contributed by atoms with Gasteiger partial charge in [0.15, 0.2) is 11.6 Å². The van der Waals surface area contributed by atoms with E-state index in [1.54, 1.807) is 0 Å². The van der Waals surface area contributed by atoms with E-state index in [9.17, 15) is 8.78 Å². The van der Waals surface area contributed by atoms with Crippen molar-refractivity contribution in [3.8, 4) is 5.75 Å².